The minimum Gasteiger partial charge on any atom is -0.387 e. The van der Waals surface area contributed by atoms with Gasteiger partial charge in [-0.05, 0) is 27.9 Å². The van der Waals surface area contributed by atoms with E-state index in [0.717, 1.165) is 12.0 Å². The molecule has 0 radical (unpaired) electrons. The van der Waals surface area contributed by atoms with Crippen molar-refractivity contribution in [3.63, 3.8) is 0 Å². The number of nitrogens with zero attached hydrogens (tertiary/aromatic N) is 3. The van der Waals surface area contributed by atoms with E-state index in [9.17, 15) is 5.11 Å². The van der Waals surface area contributed by atoms with Crippen LogP contribution in [-0.2, 0) is 6.42 Å². The molecule has 0 amide bonds. The van der Waals surface area contributed by atoms with E-state index in [2.05, 4.69) is 15.3 Å². The molecule has 1 aromatic rings. The molecule has 0 saturated heterocycles. The maximum Gasteiger partial charge on any atom is 0.137 e. The Morgan fingerprint density at radius 3 is 2.53 bits per heavy atom. The molecule has 1 aromatic heterocycles. The van der Waals surface area contributed by atoms with Crippen LogP contribution < -0.4 is 5.32 Å². The molecule has 108 valence electrons. The zero-order chi connectivity index (χ0) is 14.6. The highest BCUT2D eigenvalue weighted by Crippen LogP contribution is 2.20. The summed E-state index contributed by atoms with van der Waals surface area (Å²) >= 11 is 6.07. The van der Waals surface area contributed by atoms with Crippen molar-refractivity contribution in [3.05, 3.63) is 16.5 Å². The summed E-state index contributed by atoms with van der Waals surface area (Å²) in [4.78, 5) is 10.5. The van der Waals surface area contributed by atoms with Crippen LogP contribution in [0.5, 0.6) is 0 Å². The molecule has 0 aliphatic rings. The van der Waals surface area contributed by atoms with Gasteiger partial charge in [-0.1, -0.05) is 18.5 Å². The summed E-state index contributed by atoms with van der Waals surface area (Å²) in [6.45, 7) is 6.61. The number of aliphatic hydroxyl groups is 1. The Labute approximate surface area is 120 Å². The minimum atomic E-state index is -0.834. The first-order chi connectivity index (χ1) is 8.75. The summed E-state index contributed by atoms with van der Waals surface area (Å²) in [6.07, 6.45) is 0.725. The fourth-order valence-electron chi connectivity index (χ4n) is 1.87. The van der Waals surface area contributed by atoms with Gasteiger partial charge in [-0.2, -0.15) is 0 Å². The standard InChI is InChI=1S/C13H23ClN4O/c1-6-10-16-11(14)9(2)12(17-10)15-7-13(3,19)8-18(4)5/h19H,6-8H2,1-5H3,(H,15,16,17). The molecule has 1 heterocycles. The second-order valence-corrected chi connectivity index (χ2v) is 5.70. The number of aryl methyl sites for hydroxylation is 1. The molecule has 0 spiro atoms. The summed E-state index contributed by atoms with van der Waals surface area (Å²) in [6, 6.07) is 0. The van der Waals surface area contributed by atoms with Crippen molar-refractivity contribution in [3.8, 4) is 0 Å². The molecule has 1 unspecified atom stereocenters. The first-order valence-electron chi connectivity index (χ1n) is 6.39. The molecular weight excluding hydrogens is 264 g/mol. The van der Waals surface area contributed by atoms with Gasteiger partial charge in [0.05, 0.1) is 5.60 Å². The Kier molecular flexibility index (Phi) is 5.52. The molecule has 5 nitrogen and oxygen atoms in total. The van der Waals surface area contributed by atoms with Gasteiger partial charge < -0.3 is 15.3 Å². The fourth-order valence-corrected chi connectivity index (χ4v) is 2.06. The largest absolute Gasteiger partial charge is 0.387 e. The first-order valence-corrected chi connectivity index (χ1v) is 6.77. The number of anilines is 1. The molecule has 0 aliphatic heterocycles. The van der Waals surface area contributed by atoms with E-state index < -0.39 is 5.60 Å². The number of hydrogen-bond donors (Lipinski definition) is 2. The molecule has 19 heavy (non-hydrogen) atoms. The number of halogens is 1. The molecule has 0 bridgehead atoms. The van der Waals surface area contributed by atoms with Gasteiger partial charge in [-0.15, -0.1) is 0 Å². The van der Waals surface area contributed by atoms with Crippen LogP contribution in [0.2, 0.25) is 5.15 Å². The van der Waals surface area contributed by atoms with Crippen molar-refractivity contribution in [2.75, 3.05) is 32.5 Å². The Bertz CT molecular complexity index is 435. The number of hydrogen-bond acceptors (Lipinski definition) is 5. The lowest BCUT2D eigenvalue weighted by Crippen LogP contribution is -2.43. The Morgan fingerprint density at radius 2 is 2.00 bits per heavy atom. The van der Waals surface area contributed by atoms with Crippen LogP contribution in [0.3, 0.4) is 0 Å². The highest BCUT2D eigenvalue weighted by molar-refractivity contribution is 6.30. The molecular formula is C13H23ClN4O. The van der Waals surface area contributed by atoms with Gasteiger partial charge in [-0.3, -0.25) is 0 Å². The van der Waals surface area contributed by atoms with Crippen molar-refractivity contribution in [1.82, 2.24) is 14.9 Å². The smallest absolute Gasteiger partial charge is 0.137 e. The minimum absolute atomic E-state index is 0.405. The Hall–Kier alpha value is -0.910. The third-order valence-corrected chi connectivity index (χ3v) is 3.11. The van der Waals surface area contributed by atoms with Gasteiger partial charge in [0.25, 0.3) is 0 Å². The molecule has 0 saturated carbocycles. The molecule has 0 aromatic carbocycles. The molecule has 1 atom stereocenters. The van der Waals surface area contributed by atoms with Crippen LogP contribution >= 0.6 is 11.6 Å². The average molecular weight is 287 g/mol. The normalized spacial score (nSPS) is 14.5. The lowest BCUT2D eigenvalue weighted by atomic mass is 10.1. The van der Waals surface area contributed by atoms with Crippen LogP contribution in [0.15, 0.2) is 0 Å². The lowest BCUT2D eigenvalue weighted by Gasteiger charge is -2.27. The summed E-state index contributed by atoms with van der Waals surface area (Å²) in [5, 5.41) is 13.9. The third-order valence-electron chi connectivity index (χ3n) is 2.74. The van der Waals surface area contributed by atoms with Crippen molar-refractivity contribution in [2.24, 2.45) is 0 Å². The summed E-state index contributed by atoms with van der Waals surface area (Å²) < 4.78 is 0. The van der Waals surface area contributed by atoms with E-state index in [4.69, 9.17) is 11.6 Å². The third kappa shape index (κ3) is 4.93. The van der Waals surface area contributed by atoms with E-state index >= 15 is 0 Å². The zero-order valence-electron chi connectivity index (χ0n) is 12.3. The van der Waals surface area contributed by atoms with E-state index in [0.29, 0.717) is 29.9 Å². The SMILES string of the molecule is CCc1nc(Cl)c(C)c(NCC(C)(O)CN(C)C)n1. The van der Waals surface area contributed by atoms with Gasteiger partial charge in [0.15, 0.2) is 0 Å². The number of nitrogens with one attached hydrogen (secondary N) is 1. The van der Waals surface area contributed by atoms with Crippen LogP contribution in [0.1, 0.15) is 25.2 Å². The van der Waals surface area contributed by atoms with Crippen molar-refractivity contribution in [1.29, 1.82) is 0 Å². The molecule has 1 rings (SSSR count). The van der Waals surface area contributed by atoms with Gasteiger partial charge in [0.2, 0.25) is 0 Å². The van der Waals surface area contributed by atoms with Crippen molar-refractivity contribution >= 4 is 17.4 Å². The van der Waals surface area contributed by atoms with Crippen LogP contribution in [-0.4, -0.2) is 52.8 Å². The van der Waals surface area contributed by atoms with E-state index in [1.54, 1.807) is 6.92 Å². The quantitative estimate of drug-likeness (QED) is 0.780. The number of aromatic nitrogens is 2. The maximum absolute atomic E-state index is 10.3. The summed E-state index contributed by atoms with van der Waals surface area (Å²) in [5.41, 5.74) is -0.0285. The fraction of sp³-hybridized carbons (Fsp3) is 0.692. The second-order valence-electron chi connectivity index (χ2n) is 5.35. The van der Waals surface area contributed by atoms with E-state index in [1.165, 1.54) is 0 Å². The predicted octanol–water partition coefficient (Wildman–Crippen LogP) is 1.73. The maximum atomic E-state index is 10.3. The van der Waals surface area contributed by atoms with Crippen molar-refractivity contribution < 1.29 is 5.11 Å². The molecule has 0 fully saturated rings. The first kappa shape index (κ1) is 16.1. The van der Waals surface area contributed by atoms with E-state index in [-0.39, 0.29) is 0 Å². The topological polar surface area (TPSA) is 61.3 Å². The highest BCUT2D eigenvalue weighted by atomic mass is 35.5. The summed E-state index contributed by atoms with van der Waals surface area (Å²) in [7, 11) is 3.85. The highest BCUT2D eigenvalue weighted by Gasteiger charge is 2.22. The number of likely N-dealkylation sites (N-methyl/N-ethyl adjacent to an activating group) is 1. The Morgan fingerprint density at radius 1 is 1.37 bits per heavy atom. The van der Waals surface area contributed by atoms with Gasteiger partial charge >= 0.3 is 0 Å². The van der Waals surface area contributed by atoms with Crippen molar-refractivity contribution in [2.45, 2.75) is 32.8 Å². The van der Waals surface area contributed by atoms with Crippen LogP contribution in [0.4, 0.5) is 5.82 Å². The lowest BCUT2D eigenvalue weighted by molar-refractivity contribution is 0.0459. The van der Waals surface area contributed by atoms with E-state index in [1.807, 2.05) is 32.8 Å². The molecule has 6 heteroatoms. The van der Waals surface area contributed by atoms with Gasteiger partial charge in [0, 0.05) is 25.1 Å². The summed E-state index contributed by atoms with van der Waals surface area (Å²) in [5.74, 6) is 1.39. The average Bonchev–Trinajstić information content (AvgIpc) is 2.29. The van der Waals surface area contributed by atoms with Gasteiger partial charge in [-0.25, -0.2) is 9.97 Å². The van der Waals surface area contributed by atoms with Gasteiger partial charge in [0.1, 0.15) is 16.8 Å². The zero-order valence-corrected chi connectivity index (χ0v) is 13.0. The molecule has 0 aliphatic carbocycles. The monoisotopic (exact) mass is 286 g/mol. The Balaban J connectivity index is 2.80. The van der Waals surface area contributed by atoms with Crippen LogP contribution in [0, 0.1) is 6.92 Å². The predicted molar refractivity (Wildman–Crippen MR) is 78.8 cm³/mol. The molecule has 2 N–H and O–H groups in total. The number of rotatable bonds is 6. The second kappa shape index (κ2) is 6.50. The van der Waals surface area contributed by atoms with Crippen LogP contribution in [0.25, 0.3) is 0 Å².